The van der Waals surface area contributed by atoms with Crippen LogP contribution in [0.1, 0.15) is 6.92 Å². The van der Waals surface area contributed by atoms with Crippen LogP contribution >= 0.6 is 0 Å². The summed E-state index contributed by atoms with van der Waals surface area (Å²) in [5, 5.41) is 0. The van der Waals surface area contributed by atoms with Crippen molar-refractivity contribution in [2.75, 3.05) is 7.05 Å². The van der Waals surface area contributed by atoms with E-state index in [1.54, 1.807) is 32.5 Å². The van der Waals surface area contributed by atoms with Gasteiger partial charge in [0.25, 0.3) is 0 Å². The molecule has 0 spiro atoms. The van der Waals surface area contributed by atoms with Gasteiger partial charge in [0, 0.05) is 19.5 Å². The molecule has 1 amide bonds. The van der Waals surface area contributed by atoms with Crippen molar-refractivity contribution in [2.45, 2.75) is 13.1 Å². The third-order valence-corrected chi connectivity index (χ3v) is 1.09. The predicted octanol–water partition coefficient (Wildman–Crippen LogP) is -0.0362. The molecular weight excluding hydrogens is 142 g/mol. The number of aliphatic imine (C=N–C) groups is 1. The zero-order chi connectivity index (χ0) is 8.69. The number of amides is 1. The molecule has 4 nitrogen and oxygen atoms in total. The minimum absolute atomic E-state index is 0.297. The van der Waals surface area contributed by atoms with Crippen LogP contribution in [0.25, 0.3) is 0 Å². The summed E-state index contributed by atoms with van der Waals surface area (Å²) in [6, 6.07) is 0. The summed E-state index contributed by atoms with van der Waals surface area (Å²) >= 11 is 0. The van der Waals surface area contributed by atoms with Gasteiger partial charge in [-0.1, -0.05) is 0 Å². The SMILES string of the molecule is CN=C/C=C\N(C=O)[C@@H](C)N. The summed E-state index contributed by atoms with van der Waals surface area (Å²) < 4.78 is 0. The Balaban J connectivity index is 3.96. The second-order valence-electron chi connectivity index (χ2n) is 2.04. The number of hydrogen-bond donors (Lipinski definition) is 1. The van der Waals surface area contributed by atoms with E-state index in [2.05, 4.69) is 4.99 Å². The maximum Gasteiger partial charge on any atom is 0.214 e. The van der Waals surface area contributed by atoms with E-state index in [0.717, 1.165) is 0 Å². The molecule has 0 aromatic carbocycles. The quantitative estimate of drug-likeness (QED) is 0.352. The predicted molar refractivity (Wildman–Crippen MR) is 45.1 cm³/mol. The van der Waals surface area contributed by atoms with Gasteiger partial charge in [0.1, 0.15) is 0 Å². The molecule has 0 unspecified atom stereocenters. The summed E-state index contributed by atoms with van der Waals surface area (Å²) in [5.74, 6) is 0. The van der Waals surface area contributed by atoms with E-state index >= 15 is 0 Å². The monoisotopic (exact) mass is 155 g/mol. The lowest BCUT2D eigenvalue weighted by Gasteiger charge is -2.15. The molecule has 0 saturated carbocycles. The van der Waals surface area contributed by atoms with E-state index in [9.17, 15) is 4.79 Å². The number of hydrogen-bond acceptors (Lipinski definition) is 3. The molecule has 11 heavy (non-hydrogen) atoms. The van der Waals surface area contributed by atoms with Crippen LogP contribution in [0.4, 0.5) is 0 Å². The van der Waals surface area contributed by atoms with Crippen LogP contribution in [-0.2, 0) is 4.79 Å². The summed E-state index contributed by atoms with van der Waals surface area (Å²) in [7, 11) is 1.65. The average Bonchev–Trinajstić information content (AvgIpc) is 1.97. The lowest BCUT2D eigenvalue weighted by Crippen LogP contribution is -2.34. The van der Waals surface area contributed by atoms with Crippen molar-refractivity contribution in [3.63, 3.8) is 0 Å². The van der Waals surface area contributed by atoms with Crippen LogP contribution in [0.2, 0.25) is 0 Å². The first kappa shape index (κ1) is 9.84. The minimum atomic E-state index is -0.297. The van der Waals surface area contributed by atoms with Crippen LogP contribution in [0.3, 0.4) is 0 Å². The van der Waals surface area contributed by atoms with Gasteiger partial charge in [-0.05, 0) is 13.0 Å². The highest BCUT2D eigenvalue weighted by molar-refractivity contribution is 5.71. The number of nitrogens with zero attached hydrogens (tertiary/aromatic N) is 2. The van der Waals surface area contributed by atoms with Crippen LogP contribution in [0.5, 0.6) is 0 Å². The zero-order valence-electron chi connectivity index (χ0n) is 6.77. The van der Waals surface area contributed by atoms with Gasteiger partial charge in [-0.15, -0.1) is 0 Å². The van der Waals surface area contributed by atoms with Crippen molar-refractivity contribution in [1.82, 2.24) is 4.90 Å². The topological polar surface area (TPSA) is 58.7 Å². The van der Waals surface area contributed by atoms with Crippen molar-refractivity contribution in [2.24, 2.45) is 10.7 Å². The molecule has 4 heteroatoms. The van der Waals surface area contributed by atoms with E-state index < -0.39 is 0 Å². The molecule has 0 radical (unpaired) electrons. The Hall–Kier alpha value is -1.16. The Bertz CT molecular complexity index is 163. The molecule has 0 bridgehead atoms. The molecule has 0 aliphatic rings. The maximum absolute atomic E-state index is 10.3. The van der Waals surface area contributed by atoms with Crippen LogP contribution in [0.15, 0.2) is 17.3 Å². The molecule has 0 heterocycles. The van der Waals surface area contributed by atoms with Crippen molar-refractivity contribution in [1.29, 1.82) is 0 Å². The molecule has 0 aliphatic heterocycles. The molecule has 0 aromatic heterocycles. The first-order valence-corrected chi connectivity index (χ1v) is 3.29. The second kappa shape index (κ2) is 5.61. The zero-order valence-corrected chi connectivity index (χ0v) is 6.77. The lowest BCUT2D eigenvalue weighted by atomic mass is 10.5. The summed E-state index contributed by atoms with van der Waals surface area (Å²) in [5.41, 5.74) is 5.43. The normalized spacial score (nSPS) is 14.1. The fourth-order valence-electron chi connectivity index (χ4n) is 0.491. The number of allylic oxidation sites excluding steroid dienone is 1. The average molecular weight is 155 g/mol. The van der Waals surface area contributed by atoms with Gasteiger partial charge in [-0.25, -0.2) is 0 Å². The summed E-state index contributed by atoms with van der Waals surface area (Å²) in [4.78, 5) is 15.3. The molecule has 2 N–H and O–H groups in total. The molecule has 62 valence electrons. The Kier molecular flexibility index (Phi) is 5.02. The molecular formula is C7H13N3O. The van der Waals surface area contributed by atoms with Crippen molar-refractivity contribution < 1.29 is 4.79 Å². The summed E-state index contributed by atoms with van der Waals surface area (Å²) in [6.07, 6.45) is 5.18. The highest BCUT2D eigenvalue weighted by atomic mass is 16.1. The van der Waals surface area contributed by atoms with Gasteiger partial charge in [-0.3, -0.25) is 9.79 Å². The van der Waals surface area contributed by atoms with Gasteiger partial charge in [-0.2, -0.15) is 0 Å². The van der Waals surface area contributed by atoms with Crippen molar-refractivity contribution in [3.8, 4) is 0 Å². The first-order valence-electron chi connectivity index (χ1n) is 3.29. The Morgan fingerprint density at radius 2 is 2.27 bits per heavy atom. The van der Waals surface area contributed by atoms with Gasteiger partial charge in [0.2, 0.25) is 6.41 Å². The van der Waals surface area contributed by atoms with E-state index in [0.29, 0.717) is 6.41 Å². The number of carbonyl (C=O) groups excluding carboxylic acids is 1. The van der Waals surface area contributed by atoms with E-state index in [1.165, 1.54) is 4.90 Å². The number of nitrogens with two attached hydrogens (primary N) is 1. The first-order chi connectivity index (χ1) is 5.22. The number of carbonyl (C=O) groups is 1. The molecule has 0 aliphatic carbocycles. The minimum Gasteiger partial charge on any atom is -0.311 e. The Morgan fingerprint density at radius 3 is 2.64 bits per heavy atom. The highest BCUT2D eigenvalue weighted by Gasteiger charge is 1.99. The highest BCUT2D eigenvalue weighted by Crippen LogP contribution is 1.87. The van der Waals surface area contributed by atoms with Gasteiger partial charge >= 0.3 is 0 Å². The molecule has 1 atom stereocenters. The van der Waals surface area contributed by atoms with Crippen molar-refractivity contribution in [3.05, 3.63) is 12.3 Å². The van der Waals surface area contributed by atoms with Gasteiger partial charge in [0.15, 0.2) is 0 Å². The van der Waals surface area contributed by atoms with E-state index in [1.807, 2.05) is 0 Å². The van der Waals surface area contributed by atoms with Gasteiger partial charge in [0.05, 0.1) is 6.17 Å². The third-order valence-electron chi connectivity index (χ3n) is 1.09. The fourth-order valence-corrected chi connectivity index (χ4v) is 0.491. The molecule has 0 fully saturated rings. The van der Waals surface area contributed by atoms with Crippen molar-refractivity contribution >= 4 is 12.6 Å². The van der Waals surface area contributed by atoms with Gasteiger partial charge < -0.3 is 10.6 Å². The lowest BCUT2D eigenvalue weighted by molar-refractivity contribution is -0.117. The Morgan fingerprint density at radius 1 is 1.64 bits per heavy atom. The molecule has 0 aromatic rings. The second-order valence-corrected chi connectivity index (χ2v) is 2.04. The third kappa shape index (κ3) is 4.27. The van der Waals surface area contributed by atoms with Crippen LogP contribution < -0.4 is 5.73 Å². The summed E-state index contributed by atoms with van der Waals surface area (Å²) in [6.45, 7) is 1.72. The number of rotatable bonds is 4. The van der Waals surface area contributed by atoms with Crippen LogP contribution in [0, 0.1) is 0 Å². The smallest absolute Gasteiger partial charge is 0.214 e. The molecule has 0 rings (SSSR count). The van der Waals surface area contributed by atoms with Crippen LogP contribution in [-0.4, -0.2) is 30.7 Å². The van der Waals surface area contributed by atoms with E-state index in [-0.39, 0.29) is 6.17 Å². The Labute approximate surface area is 66.4 Å². The maximum atomic E-state index is 10.3. The van der Waals surface area contributed by atoms with E-state index in [4.69, 9.17) is 5.73 Å². The standard InChI is InChI=1S/C7H13N3O/c1-7(8)10(6-11)5-3-4-9-2/h3-7H,8H2,1-2H3/b5-3-,9-4?/t7-/m0/s1. The largest absolute Gasteiger partial charge is 0.311 e. The molecule has 0 saturated heterocycles. The fraction of sp³-hybridized carbons (Fsp3) is 0.429.